The highest BCUT2D eigenvalue weighted by Gasteiger charge is 2.33. The van der Waals surface area contributed by atoms with E-state index in [4.69, 9.17) is 31.2 Å². The van der Waals surface area contributed by atoms with Gasteiger partial charge < -0.3 is 29.6 Å². The lowest BCUT2D eigenvalue weighted by Gasteiger charge is -2.37. The van der Waals surface area contributed by atoms with E-state index >= 15 is 0 Å². The monoisotopic (exact) mass is 1010 g/mol. The summed E-state index contributed by atoms with van der Waals surface area (Å²) < 4.78 is 51.1. The highest BCUT2D eigenvalue weighted by atomic mass is 32.2. The van der Waals surface area contributed by atoms with Crippen LogP contribution in [0.1, 0.15) is 102 Å². The van der Waals surface area contributed by atoms with Gasteiger partial charge in [-0.2, -0.15) is 4.99 Å². The zero-order valence-corrected chi connectivity index (χ0v) is 44.6. The van der Waals surface area contributed by atoms with Gasteiger partial charge >= 0.3 is 23.9 Å². The topological polar surface area (TPSA) is 218 Å². The third-order valence-corrected chi connectivity index (χ3v) is 11.1. The van der Waals surface area contributed by atoms with E-state index in [-0.39, 0.29) is 82.5 Å². The molecule has 0 bridgehead atoms. The van der Waals surface area contributed by atoms with E-state index in [1.165, 1.54) is 0 Å². The molecule has 68 heavy (non-hydrogen) atoms. The number of anilines is 1. The average molecular weight is 1010 g/mol. The molecule has 0 saturated carbocycles. The quantitative estimate of drug-likeness (QED) is 0.0615. The first kappa shape index (κ1) is 60.0. The number of nitrogens with zero attached hydrogens (tertiary/aromatic N) is 5. The Morgan fingerprint density at radius 1 is 0.676 bits per heavy atom. The number of rotatable bonds is 18. The molecule has 0 aromatic heterocycles. The summed E-state index contributed by atoms with van der Waals surface area (Å²) in [6.45, 7) is 23.3. The molecule has 2 rings (SSSR count). The Kier molecular flexibility index (Phi) is 24.1. The van der Waals surface area contributed by atoms with E-state index in [0.29, 0.717) is 37.6 Å². The summed E-state index contributed by atoms with van der Waals surface area (Å²) in [5, 5.41) is 8.51. The Morgan fingerprint density at radius 3 is 1.49 bits per heavy atom. The van der Waals surface area contributed by atoms with Gasteiger partial charge in [0.1, 0.15) is 28.4 Å². The number of hydrogen-bond donors (Lipinski definition) is 3. The minimum absolute atomic E-state index is 0.0344. The summed E-state index contributed by atoms with van der Waals surface area (Å²) in [6.07, 6.45) is -0.332. The number of carbonyl (C=O) groups is 5. The molecule has 1 aliphatic heterocycles. The summed E-state index contributed by atoms with van der Waals surface area (Å²) in [6, 6.07) is 5.91. The van der Waals surface area contributed by atoms with Crippen molar-refractivity contribution in [3.63, 3.8) is 0 Å². The maximum absolute atomic E-state index is 14.1. The fourth-order valence-corrected chi connectivity index (χ4v) is 8.08. The van der Waals surface area contributed by atoms with Crippen LogP contribution in [0.5, 0.6) is 0 Å². The van der Waals surface area contributed by atoms with Crippen LogP contribution in [0.4, 0.5) is 11.4 Å². The van der Waals surface area contributed by atoms with E-state index in [0.717, 1.165) is 0 Å². The molecule has 0 aliphatic carbocycles. The number of hydrogen-bond acceptors (Lipinski definition) is 18. The molecule has 1 aromatic carbocycles. The van der Waals surface area contributed by atoms with Crippen LogP contribution in [-0.2, 0) is 52.9 Å². The Bertz CT molecular complexity index is 1960. The van der Waals surface area contributed by atoms with Gasteiger partial charge in [-0.1, -0.05) is 0 Å². The predicted octanol–water partition coefficient (Wildman–Crippen LogP) is 4.28. The van der Waals surface area contributed by atoms with Crippen molar-refractivity contribution in [2.45, 2.75) is 131 Å². The summed E-state index contributed by atoms with van der Waals surface area (Å²) in [7, 11) is -4.07. The molecule has 1 atom stereocenters. The Labute approximate surface area is 414 Å². The SMILES string of the molecule is CC(C)(C)OC(=O)CN1CCN(CC(=O)OC(C)(C)C)CCN(C(CCC(=O)NS(=O)(=O)CCCNC(=S)Nc2ccc(N=C=S)cc2)C(=O)OC(C)(C)C)CCN(CC(=O)OC(C)(C)C)CC1. The molecule has 0 radical (unpaired) electrons. The smallest absolute Gasteiger partial charge is 0.323 e. The number of aliphatic imine (C=N–C) groups is 1. The van der Waals surface area contributed by atoms with Crippen molar-refractivity contribution in [3.8, 4) is 0 Å². The fraction of sp³-hybridized carbons (Fsp3) is 0.717. The van der Waals surface area contributed by atoms with Gasteiger partial charge in [-0.15, -0.1) is 0 Å². The number of isothiocyanates is 1. The number of carbonyl (C=O) groups excluding carboxylic acids is 5. The third-order valence-electron chi connectivity index (χ3n) is 9.40. The van der Waals surface area contributed by atoms with Gasteiger partial charge in [0.15, 0.2) is 5.11 Å². The number of nitrogens with one attached hydrogen (secondary N) is 3. The number of benzene rings is 1. The molecular formula is C46H76N8O11S3. The number of thiocarbonyl (C=S) groups is 2. The first-order valence-electron chi connectivity index (χ1n) is 22.9. The van der Waals surface area contributed by atoms with Crippen molar-refractivity contribution in [1.29, 1.82) is 0 Å². The second-order valence-electron chi connectivity index (χ2n) is 20.5. The summed E-state index contributed by atoms with van der Waals surface area (Å²) in [5.41, 5.74) is -1.80. The molecule has 22 heteroatoms. The van der Waals surface area contributed by atoms with Gasteiger partial charge in [0.2, 0.25) is 15.9 Å². The zero-order chi connectivity index (χ0) is 51.5. The van der Waals surface area contributed by atoms with Crippen molar-refractivity contribution in [1.82, 2.24) is 29.6 Å². The largest absolute Gasteiger partial charge is 0.459 e. The van der Waals surface area contributed by atoms with Crippen LogP contribution in [0, 0.1) is 0 Å². The van der Waals surface area contributed by atoms with Crippen LogP contribution in [0.2, 0.25) is 0 Å². The van der Waals surface area contributed by atoms with Gasteiger partial charge in [-0.05, 0) is 145 Å². The van der Waals surface area contributed by atoms with E-state index in [1.807, 2.05) is 19.6 Å². The van der Waals surface area contributed by atoms with E-state index in [2.05, 4.69) is 37.7 Å². The van der Waals surface area contributed by atoms with E-state index in [9.17, 15) is 32.4 Å². The van der Waals surface area contributed by atoms with Gasteiger partial charge in [0, 0.05) is 71.0 Å². The average Bonchev–Trinajstić information content (AvgIpc) is 3.15. The normalized spacial score (nSPS) is 16.1. The van der Waals surface area contributed by atoms with Crippen molar-refractivity contribution in [2.24, 2.45) is 4.99 Å². The molecule has 1 unspecified atom stereocenters. The van der Waals surface area contributed by atoms with Gasteiger partial charge in [-0.3, -0.25) is 48.3 Å². The predicted molar refractivity (Wildman–Crippen MR) is 269 cm³/mol. The van der Waals surface area contributed by atoms with Crippen LogP contribution < -0.4 is 15.4 Å². The van der Waals surface area contributed by atoms with Crippen LogP contribution in [0.25, 0.3) is 0 Å². The first-order chi connectivity index (χ1) is 31.3. The van der Waals surface area contributed by atoms with Crippen molar-refractivity contribution >= 4 is 85.9 Å². The van der Waals surface area contributed by atoms with Crippen molar-refractivity contribution in [2.75, 3.05) is 89.6 Å². The molecule has 1 heterocycles. The molecule has 1 fully saturated rings. The molecule has 1 amide bonds. The van der Waals surface area contributed by atoms with Gasteiger partial charge in [-0.25, -0.2) is 8.42 Å². The standard InChI is InChI=1S/C46H76N8O11S3/c1-43(2,3)62-38(56)30-51-21-23-52(31-39(57)63-44(4,5)6)25-27-54(28-26-53(24-22-51)32-40(58)64-45(7,8)9)36(41(59)65-46(10,11)12)18-19-37(55)50-68(60,61)29-13-20-47-42(67)49-35-16-14-34(15-17-35)48-33-66/h14-17,36H,13,18-32H2,1-12H3,(H,50,55)(H2,47,49,67). The van der Waals surface area contributed by atoms with Crippen LogP contribution in [0.15, 0.2) is 29.3 Å². The lowest BCUT2D eigenvalue weighted by molar-refractivity contribution is -0.163. The number of amides is 1. The van der Waals surface area contributed by atoms with Crippen molar-refractivity contribution < 1.29 is 51.3 Å². The maximum atomic E-state index is 14.1. The summed E-state index contributed by atoms with van der Waals surface area (Å²) in [4.78, 5) is 78.4. The summed E-state index contributed by atoms with van der Waals surface area (Å²) in [5.74, 6) is -3.16. The minimum atomic E-state index is -4.07. The second-order valence-corrected chi connectivity index (χ2v) is 23.0. The highest BCUT2D eigenvalue weighted by molar-refractivity contribution is 7.90. The summed E-state index contributed by atoms with van der Waals surface area (Å²) >= 11 is 9.95. The first-order valence-corrected chi connectivity index (χ1v) is 25.3. The van der Waals surface area contributed by atoms with Crippen LogP contribution >= 0.6 is 24.4 Å². The number of ether oxygens (including phenoxy) is 4. The lowest BCUT2D eigenvalue weighted by atomic mass is 10.1. The Balaban J connectivity index is 2.35. The zero-order valence-electron chi connectivity index (χ0n) is 42.2. The number of sulfonamides is 1. The molecule has 19 nitrogen and oxygen atoms in total. The molecule has 1 saturated heterocycles. The van der Waals surface area contributed by atoms with E-state index < -0.39 is 68.3 Å². The highest BCUT2D eigenvalue weighted by Crippen LogP contribution is 2.19. The molecule has 1 aromatic rings. The molecular weight excluding hydrogens is 937 g/mol. The molecule has 1 aliphatic rings. The Morgan fingerprint density at radius 2 is 1.09 bits per heavy atom. The second kappa shape index (κ2) is 27.3. The van der Waals surface area contributed by atoms with Gasteiger partial charge in [0.05, 0.1) is 36.2 Å². The lowest BCUT2D eigenvalue weighted by Crippen LogP contribution is -2.53. The molecule has 384 valence electrons. The van der Waals surface area contributed by atoms with E-state index in [1.54, 1.807) is 107 Å². The molecule has 0 spiro atoms. The fourth-order valence-electron chi connectivity index (χ4n) is 6.68. The third kappa shape index (κ3) is 27.7. The molecule has 3 N–H and O–H groups in total. The van der Waals surface area contributed by atoms with Crippen molar-refractivity contribution in [3.05, 3.63) is 24.3 Å². The Hall–Kier alpha value is -4.15. The van der Waals surface area contributed by atoms with Crippen LogP contribution in [-0.4, -0.2) is 181 Å². The van der Waals surface area contributed by atoms with Gasteiger partial charge in [0.25, 0.3) is 0 Å². The number of esters is 4. The van der Waals surface area contributed by atoms with Crippen LogP contribution in [0.3, 0.4) is 0 Å². The minimum Gasteiger partial charge on any atom is -0.459 e. The maximum Gasteiger partial charge on any atom is 0.323 e.